The van der Waals surface area contributed by atoms with Gasteiger partial charge in [-0.2, -0.15) is 105 Å². The van der Waals surface area contributed by atoms with Gasteiger partial charge in [-0.1, -0.05) is 60.7 Å². The topological polar surface area (TPSA) is 0 Å². The molecule has 114 heavy (non-hydrogen) atoms. The van der Waals surface area contributed by atoms with Crippen molar-refractivity contribution in [1.29, 1.82) is 0 Å². The van der Waals surface area contributed by atoms with Gasteiger partial charge in [-0.3, -0.25) is 0 Å². The second-order valence-corrected chi connectivity index (χ2v) is 36.4. The lowest BCUT2D eigenvalue weighted by atomic mass is 10.00. The smallest absolute Gasteiger partial charge is 0.194 e. The lowest BCUT2D eigenvalue weighted by Crippen LogP contribution is -2.43. The molecule has 0 spiro atoms. The zero-order valence-corrected chi connectivity index (χ0v) is 64.1. The quantitative estimate of drug-likeness (QED) is 0.133. The van der Waals surface area contributed by atoms with E-state index in [1.54, 1.807) is 0 Å². The summed E-state index contributed by atoms with van der Waals surface area (Å²) in [6.07, 6.45) is 0. The van der Waals surface area contributed by atoms with E-state index in [4.69, 9.17) is 0 Å². The van der Waals surface area contributed by atoms with Gasteiger partial charge in [0.1, 0.15) is 0 Å². The maximum atomic E-state index is 16.4. The predicted molar refractivity (Wildman–Crippen MR) is 400 cm³/mol. The van der Waals surface area contributed by atoms with Crippen LogP contribution in [-0.4, -0.2) is 23.7 Å². The SMILES string of the molecule is Cc1sc2c#cc3cccc(c#cc4cc(c(C)s4)c4c(c5cc(c#cc6cc7c8c(c9cc(c#cc%10cccc(c#cc%11cc(c(C)s%11)c%11c(c%12cc(c#cc%13cc(c(C)s%13)c%13c(c1c2)C(F)(F)C(F)(F)C%13(F)F)sc%12C)C(F)(F)C(F)(F)C%11(F)F)c%10)sc9c7s6)C(F)(F)C(F)(F)C8(F)F)sc5C)C(F)(F)C(F)(F)C4(F)F)c3. The van der Waals surface area contributed by atoms with Crippen molar-refractivity contribution in [1.82, 2.24) is 0 Å². The van der Waals surface area contributed by atoms with E-state index in [1.807, 2.05) is 0 Å². The maximum absolute atomic E-state index is 16.4. The Balaban J connectivity index is 0.922. The van der Waals surface area contributed by atoms with Gasteiger partial charge in [0.05, 0.1) is 47.0 Å². The van der Waals surface area contributed by atoms with E-state index in [0.29, 0.717) is 90.7 Å². The molecule has 0 aliphatic heterocycles. The van der Waals surface area contributed by atoms with E-state index in [-0.39, 0.29) is 97.8 Å². The van der Waals surface area contributed by atoms with Crippen molar-refractivity contribution in [2.24, 2.45) is 0 Å². The molecule has 0 unspecified atom stereocenters. The molecule has 9 heterocycles. The van der Waals surface area contributed by atoms with E-state index in [0.717, 1.165) is 69.3 Å². The van der Waals surface area contributed by atoms with Crippen molar-refractivity contribution in [3.63, 3.8) is 0 Å². The molecule has 12 aromatic rings. The van der Waals surface area contributed by atoms with Crippen molar-refractivity contribution >= 4 is 202 Å². The Morgan fingerprint density at radius 1 is 0.193 bits per heavy atom. The van der Waals surface area contributed by atoms with Crippen LogP contribution in [0.4, 0.5) is 105 Å². The van der Waals surface area contributed by atoms with Gasteiger partial charge in [-0.25, -0.2) is 0 Å². The first kappa shape index (κ1) is 78.6. The van der Waals surface area contributed by atoms with E-state index >= 15 is 105 Å². The molecule has 578 valence electrons. The lowest BCUT2D eigenvalue weighted by molar-refractivity contribution is -0.302. The fraction of sp³-hybridized carbons (Fsp3) is 0.220. The average molecular weight is 1730 g/mol. The minimum absolute atomic E-state index is 0.108. The molecule has 0 atom stereocenters. The first-order valence-electron chi connectivity index (χ1n) is 32.8. The van der Waals surface area contributed by atoms with Crippen LogP contribution in [-0.2, 0) is 47.4 Å². The number of hydrogen-bond acceptors (Lipinski definition) is 8. The third-order valence-electron chi connectivity index (χ3n) is 19.7. The molecule has 4 aliphatic rings. The summed E-state index contributed by atoms with van der Waals surface area (Å²) in [5.41, 5.74) is -14.2. The normalized spacial score (nSPS) is 18.7. The summed E-state index contributed by atoms with van der Waals surface area (Å²) in [6.45, 7) is 6.93. The fourth-order valence-electron chi connectivity index (χ4n) is 14.2. The number of fused-ring (bicyclic) bond motifs is 30. The number of hydrogen-bond donors (Lipinski definition) is 0. The molecule has 0 saturated heterocycles. The van der Waals surface area contributed by atoms with Crippen molar-refractivity contribution in [3.05, 3.63) is 244 Å². The summed E-state index contributed by atoms with van der Waals surface area (Å²) in [5.74, 6) is -68.7. The van der Waals surface area contributed by atoms with Crippen LogP contribution in [0, 0.1) is 114 Å². The van der Waals surface area contributed by atoms with Gasteiger partial charge in [0.15, 0.2) is 0 Å². The van der Waals surface area contributed by atoms with Crippen molar-refractivity contribution < 1.29 is 105 Å². The first-order valence-corrected chi connectivity index (χ1v) is 39.3. The number of benzene rings is 3. The van der Waals surface area contributed by atoms with Gasteiger partial charge in [-0.05, 0) is 183 Å². The average Bonchev–Trinajstić information content (AvgIpc) is 1.55. The fourth-order valence-corrected chi connectivity index (χ4v) is 21.7. The zero-order chi connectivity index (χ0) is 82.2. The summed E-state index contributed by atoms with van der Waals surface area (Å²) in [6, 6.07) is 49.7. The van der Waals surface area contributed by atoms with Crippen LogP contribution in [0.2, 0.25) is 0 Å². The molecule has 0 N–H and O–H groups in total. The zero-order valence-electron chi connectivity index (χ0n) is 57.6. The molecule has 0 fully saturated rings. The first-order chi connectivity index (χ1) is 53.0. The Morgan fingerprint density at radius 3 is 0.526 bits per heavy atom. The van der Waals surface area contributed by atoms with Crippen molar-refractivity contribution in [2.45, 2.75) is 113 Å². The molecular formula is C82H34F24S8. The lowest BCUT2D eigenvalue weighted by Gasteiger charge is -2.23. The Bertz CT molecular complexity index is 6830. The molecule has 20 bridgehead atoms. The molecule has 0 amide bonds. The van der Waals surface area contributed by atoms with Crippen molar-refractivity contribution in [3.8, 4) is 0 Å². The monoisotopic (exact) mass is 1730 g/mol. The molecule has 32 heteroatoms. The minimum atomic E-state index is -6.06. The summed E-state index contributed by atoms with van der Waals surface area (Å²) in [7, 11) is 0. The Kier molecular flexibility index (Phi) is 17.6. The summed E-state index contributed by atoms with van der Waals surface area (Å²) in [5, 5.41) is -5.77. The summed E-state index contributed by atoms with van der Waals surface area (Å²) in [4.78, 5) is -1.31. The van der Waals surface area contributed by atoms with Crippen LogP contribution in [0.5, 0.6) is 0 Å². The standard InChI is InChI=1S/C82H34F24S8/c1-35-53-27-45(107-35)17-13-41-9-7-10-42(25-41)14-18-46-28-55(37(3)108-46)63-66(76(93,94)81(103,104)73(63,87)88)58-32-50(112-40(58)6)23-24-52-34-60-68-67(77(95,96)82(105,106)78(68,97)98)59-33-51(113-69(59)70(60)114-52)20-16-44-12-8-11-43(26-44)15-19-47-29-54(36(2)109-47)62-65(75(91,92)80(101,102)72(62,85)86)57-31-49(111-39(57)5)22-21-48-30-56(38(4)110-48)64-61(53)71(83,84)79(99,100)74(64,89)90/h7-12,25-34H,1-6H3. The number of aryl methyl sites for hydroxylation is 6. The molecule has 0 radical (unpaired) electrons. The summed E-state index contributed by atoms with van der Waals surface area (Å²) >= 11 is 4.77. The van der Waals surface area contributed by atoms with Gasteiger partial charge >= 0.3 is 71.1 Å². The van der Waals surface area contributed by atoms with E-state index in [1.165, 1.54) is 69.3 Å². The van der Waals surface area contributed by atoms with Crippen LogP contribution in [0.3, 0.4) is 0 Å². The Labute approximate surface area is 659 Å². The molecule has 0 saturated carbocycles. The molecule has 0 nitrogen and oxygen atoms in total. The number of thiophene rings is 8. The second kappa shape index (κ2) is 25.6. The highest BCUT2D eigenvalue weighted by atomic mass is 32.1. The van der Waals surface area contributed by atoms with Crippen LogP contribution in [0.1, 0.15) is 73.8 Å². The van der Waals surface area contributed by atoms with Gasteiger partial charge in [-0.15, -0.1) is 90.7 Å². The number of halogens is 24. The maximum Gasteiger partial charge on any atom is 0.380 e. The Morgan fingerprint density at radius 2 is 0.342 bits per heavy atom. The molecule has 9 aromatic heterocycles. The highest BCUT2D eigenvalue weighted by Crippen LogP contribution is 2.70. The molecule has 4 aliphatic carbocycles. The van der Waals surface area contributed by atoms with Crippen molar-refractivity contribution in [2.75, 3.05) is 0 Å². The van der Waals surface area contributed by atoms with Crippen LogP contribution in [0.25, 0.3) is 112 Å². The van der Waals surface area contributed by atoms with Gasteiger partial charge < -0.3 is 0 Å². The highest BCUT2D eigenvalue weighted by Gasteiger charge is 2.83. The number of rotatable bonds is 0. The number of alkyl halides is 24. The molecule has 16 rings (SSSR count). The van der Waals surface area contributed by atoms with Gasteiger partial charge in [0, 0.05) is 106 Å². The largest absolute Gasteiger partial charge is 0.380 e. The molecular weight excluding hydrogens is 1700 g/mol. The van der Waals surface area contributed by atoms with Crippen LogP contribution in [0.15, 0.2) is 97.1 Å². The second-order valence-electron chi connectivity index (χ2n) is 26.7. The third kappa shape index (κ3) is 11.1. The highest BCUT2D eigenvalue weighted by molar-refractivity contribution is 7.32. The molecule has 3 aromatic carbocycles. The van der Waals surface area contributed by atoms with E-state index in [9.17, 15) is 0 Å². The third-order valence-corrected chi connectivity index (χ3v) is 27.7. The van der Waals surface area contributed by atoms with Gasteiger partial charge in [0.2, 0.25) is 0 Å². The summed E-state index contributed by atoms with van der Waals surface area (Å²) < 4.78 is 384. The van der Waals surface area contributed by atoms with Crippen LogP contribution >= 0.6 is 90.7 Å². The van der Waals surface area contributed by atoms with E-state index in [2.05, 4.69) is 72.8 Å². The predicted octanol–water partition coefficient (Wildman–Crippen LogP) is 30.1. The van der Waals surface area contributed by atoms with Crippen LogP contribution < -0.4 is 0 Å². The van der Waals surface area contributed by atoms with E-state index < -0.39 is 159 Å². The van der Waals surface area contributed by atoms with Gasteiger partial charge in [0.25, 0.3) is 0 Å². The Hall–Kier alpha value is -9.32. The minimum Gasteiger partial charge on any atom is -0.194 e.